The van der Waals surface area contributed by atoms with Crippen LogP contribution in [0.4, 0.5) is 15.9 Å². The van der Waals surface area contributed by atoms with Crippen LogP contribution in [0.2, 0.25) is 5.15 Å². The van der Waals surface area contributed by atoms with Gasteiger partial charge in [-0.2, -0.15) is 0 Å². The molecule has 1 saturated heterocycles. The maximum Gasteiger partial charge on any atom is 0.146 e. The van der Waals surface area contributed by atoms with Gasteiger partial charge in [-0.25, -0.2) is 14.4 Å². The summed E-state index contributed by atoms with van der Waals surface area (Å²) in [4.78, 5) is 10.5. The molecule has 4 nitrogen and oxygen atoms in total. The number of benzene rings is 1. The van der Waals surface area contributed by atoms with Crippen LogP contribution in [0.25, 0.3) is 0 Å². The van der Waals surface area contributed by atoms with Gasteiger partial charge < -0.3 is 10.2 Å². The second-order valence-corrected chi connectivity index (χ2v) is 5.89. The third-order valence-corrected chi connectivity index (χ3v) is 3.97. The van der Waals surface area contributed by atoms with Crippen molar-refractivity contribution in [2.75, 3.05) is 23.3 Å². The molecule has 116 valence electrons. The smallest absolute Gasteiger partial charge is 0.146 e. The SMILES string of the molecule is Cc1nc(Cl)cc(NC2CCCN(c3ccccc3F)C2)n1. The number of anilines is 2. The van der Waals surface area contributed by atoms with E-state index in [1.807, 2.05) is 19.1 Å². The first-order chi connectivity index (χ1) is 10.6. The summed E-state index contributed by atoms with van der Waals surface area (Å²) in [7, 11) is 0. The van der Waals surface area contributed by atoms with Crippen molar-refractivity contribution >= 4 is 23.1 Å². The zero-order valence-electron chi connectivity index (χ0n) is 12.4. The van der Waals surface area contributed by atoms with Crippen LogP contribution >= 0.6 is 11.6 Å². The van der Waals surface area contributed by atoms with Gasteiger partial charge >= 0.3 is 0 Å². The summed E-state index contributed by atoms with van der Waals surface area (Å²) in [5.41, 5.74) is 0.658. The Bertz CT molecular complexity index is 644. The Balaban J connectivity index is 1.72. The molecule has 22 heavy (non-hydrogen) atoms. The lowest BCUT2D eigenvalue weighted by molar-refractivity contribution is 0.518. The van der Waals surface area contributed by atoms with Crippen molar-refractivity contribution in [1.29, 1.82) is 0 Å². The average molecular weight is 321 g/mol. The van der Waals surface area contributed by atoms with E-state index in [4.69, 9.17) is 11.6 Å². The minimum absolute atomic E-state index is 0.177. The first-order valence-electron chi connectivity index (χ1n) is 7.39. The Morgan fingerprint density at radius 1 is 1.32 bits per heavy atom. The molecule has 0 bridgehead atoms. The largest absolute Gasteiger partial charge is 0.367 e. The van der Waals surface area contributed by atoms with Gasteiger partial charge in [-0.1, -0.05) is 23.7 Å². The highest BCUT2D eigenvalue weighted by molar-refractivity contribution is 6.29. The molecule has 0 saturated carbocycles. The van der Waals surface area contributed by atoms with E-state index in [2.05, 4.69) is 20.2 Å². The van der Waals surface area contributed by atoms with Crippen LogP contribution in [0.15, 0.2) is 30.3 Å². The molecule has 0 radical (unpaired) electrons. The number of aromatic nitrogens is 2. The molecule has 1 aliphatic heterocycles. The molecule has 0 amide bonds. The van der Waals surface area contributed by atoms with Gasteiger partial charge in [0, 0.05) is 25.2 Å². The van der Waals surface area contributed by atoms with Crippen LogP contribution < -0.4 is 10.2 Å². The van der Waals surface area contributed by atoms with E-state index in [0.717, 1.165) is 31.7 Å². The van der Waals surface area contributed by atoms with Crippen LogP contribution in [-0.4, -0.2) is 29.1 Å². The van der Waals surface area contributed by atoms with Gasteiger partial charge in [0.25, 0.3) is 0 Å². The Labute approximate surface area is 134 Å². The molecular formula is C16H18ClFN4. The fourth-order valence-electron chi connectivity index (χ4n) is 2.84. The number of hydrogen-bond donors (Lipinski definition) is 1. The monoisotopic (exact) mass is 320 g/mol. The van der Waals surface area contributed by atoms with Gasteiger partial charge in [-0.15, -0.1) is 0 Å². The summed E-state index contributed by atoms with van der Waals surface area (Å²) in [6, 6.07) is 8.83. The fraction of sp³-hybridized carbons (Fsp3) is 0.375. The molecule has 1 fully saturated rings. The van der Waals surface area contributed by atoms with Crippen LogP contribution in [-0.2, 0) is 0 Å². The number of hydrogen-bond acceptors (Lipinski definition) is 4. The second kappa shape index (κ2) is 6.48. The predicted molar refractivity (Wildman–Crippen MR) is 87.0 cm³/mol. The van der Waals surface area contributed by atoms with Crippen molar-refractivity contribution in [1.82, 2.24) is 9.97 Å². The molecule has 1 atom stereocenters. The zero-order valence-corrected chi connectivity index (χ0v) is 13.1. The minimum Gasteiger partial charge on any atom is -0.367 e. The highest BCUT2D eigenvalue weighted by Gasteiger charge is 2.22. The summed E-state index contributed by atoms with van der Waals surface area (Å²) in [6.45, 7) is 3.41. The maximum absolute atomic E-state index is 13.9. The lowest BCUT2D eigenvalue weighted by Crippen LogP contribution is -2.42. The maximum atomic E-state index is 13.9. The Morgan fingerprint density at radius 2 is 2.14 bits per heavy atom. The van der Waals surface area contributed by atoms with E-state index >= 15 is 0 Å². The summed E-state index contributed by atoms with van der Waals surface area (Å²) >= 11 is 5.96. The first-order valence-corrected chi connectivity index (χ1v) is 7.77. The average Bonchev–Trinajstić information content (AvgIpc) is 2.47. The van der Waals surface area contributed by atoms with E-state index < -0.39 is 0 Å². The lowest BCUT2D eigenvalue weighted by atomic mass is 10.0. The number of aryl methyl sites for hydroxylation is 1. The molecule has 0 aliphatic carbocycles. The van der Waals surface area contributed by atoms with Gasteiger partial charge in [-0.05, 0) is 31.9 Å². The Morgan fingerprint density at radius 3 is 2.91 bits per heavy atom. The van der Waals surface area contributed by atoms with E-state index in [1.165, 1.54) is 6.07 Å². The van der Waals surface area contributed by atoms with Crippen molar-refractivity contribution in [3.8, 4) is 0 Å². The molecule has 2 aromatic rings. The zero-order chi connectivity index (χ0) is 15.5. The van der Waals surface area contributed by atoms with Crippen LogP contribution in [0.1, 0.15) is 18.7 Å². The molecule has 3 rings (SSSR count). The molecule has 1 N–H and O–H groups in total. The molecule has 1 unspecified atom stereocenters. The summed E-state index contributed by atoms with van der Waals surface area (Å²) < 4.78 is 13.9. The van der Waals surface area contributed by atoms with Gasteiger partial charge in [0.1, 0.15) is 22.6 Å². The normalized spacial score (nSPS) is 18.3. The molecule has 6 heteroatoms. The highest BCUT2D eigenvalue weighted by Crippen LogP contribution is 2.24. The van der Waals surface area contributed by atoms with E-state index in [1.54, 1.807) is 12.1 Å². The summed E-state index contributed by atoms with van der Waals surface area (Å²) in [5, 5.41) is 3.81. The standard InChI is InChI=1S/C16H18ClFN4/c1-11-19-15(17)9-16(20-11)21-12-5-4-8-22(10-12)14-7-3-2-6-13(14)18/h2-3,6-7,9,12H,4-5,8,10H2,1H3,(H,19,20,21). The minimum atomic E-state index is -0.177. The first kappa shape index (κ1) is 15.0. The molecule has 1 aromatic carbocycles. The molecule has 1 aromatic heterocycles. The van der Waals surface area contributed by atoms with Crippen molar-refractivity contribution in [2.45, 2.75) is 25.8 Å². The predicted octanol–water partition coefficient (Wildman–Crippen LogP) is 3.66. The van der Waals surface area contributed by atoms with E-state index in [0.29, 0.717) is 16.7 Å². The van der Waals surface area contributed by atoms with Crippen molar-refractivity contribution < 1.29 is 4.39 Å². The fourth-order valence-corrected chi connectivity index (χ4v) is 3.06. The Kier molecular flexibility index (Phi) is 4.43. The Hall–Kier alpha value is -1.88. The van der Waals surface area contributed by atoms with Crippen LogP contribution in [0, 0.1) is 12.7 Å². The van der Waals surface area contributed by atoms with E-state index in [-0.39, 0.29) is 11.9 Å². The molecule has 0 spiro atoms. The highest BCUT2D eigenvalue weighted by atomic mass is 35.5. The third kappa shape index (κ3) is 3.47. The van der Waals surface area contributed by atoms with Crippen LogP contribution in [0.5, 0.6) is 0 Å². The number of para-hydroxylation sites is 1. The quantitative estimate of drug-likeness (QED) is 0.876. The lowest BCUT2D eigenvalue weighted by Gasteiger charge is -2.35. The number of piperidine rings is 1. The van der Waals surface area contributed by atoms with Crippen LogP contribution in [0.3, 0.4) is 0 Å². The molecule has 2 heterocycles. The van der Waals surface area contributed by atoms with E-state index in [9.17, 15) is 4.39 Å². The number of rotatable bonds is 3. The topological polar surface area (TPSA) is 41.1 Å². The van der Waals surface area contributed by atoms with Gasteiger partial charge in [0.15, 0.2) is 0 Å². The second-order valence-electron chi connectivity index (χ2n) is 5.50. The van der Waals surface area contributed by atoms with Gasteiger partial charge in [-0.3, -0.25) is 0 Å². The molecular weight excluding hydrogens is 303 g/mol. The molecule has 1 aliphatic rings. The van der Waals surface area contributed by atoms with Crippen molar-refractivity contribution in [3.05, 3.63) is 47.1 Å². The number of halogens is 2. The van der Waals surface area contributed by atoms with Crippen molar-refractivity contribution in [3.63, 3.8) is 0 Å². The third-order valence-electron chi connectivity index (χ3n) is 3.77. The number of nitrogens with zero attached hydrogens (tertiary/aromatic N) is 3. The summed E-state index contributed by atoms with van der Waals surface area (Å²) in [5.74, 6) is 1.18. The summed E-state index contributed by atoms with van der Waals surface area (Å²) in [6.07, 6.45) is 2.02. The van der Waals surface area contributed by atoms with Crippen molar-refractivity contribution in [2.24, 2.45) is 0 Å². The van der Waals surface area contributed by atoms with Gasteiger partial charge in [0.2, 0.25) is 0 Å². The van der Waals surface area contributed by atoms with Gasteiger partial charge in [0.05, 0.1) is 5.69 Å². The number of nitrogens with one attached hydrogen (secondary N) is 1.